The minimum absolute atomic E-state index is 0. The molecule has 3 heterocycles. The van der Waals surface area contributed by atoms with E-state index in [9.17, 15) is 0 Å². The summed E-state index contributed by atoms with van der Waals surface area (Å²) in [6.07, 6.45) is 5.57. The third-order valence-electron chi connectivity index (χ3n) is 3.18. The molecule has 100 valence electrons. The zero-order valence-electron chi connectivity index (χ0n) is 10.6. The maximum absolute atomic E-state index is 4.55. The third kappa shape index (κ3) is 3.22. The van der Waals surface area contributed by atoms with Gasteiger partial charge in [-0.25, -0.2) is 4.98 Å². The topological polar surface area (TPSA) is 41.1 Å². The number of halogens is 1. The van der Waals surface area contributed by atoms with Crippen LogP contribution in [-0.2, 0) is 0 Å². The molecule has 2 aromatic rings. The molecule has 0 radical (unpaired) electrons. The highest BCUT2D eigenvalue weighted by molar-refractivity contribution is 5.85. The molecule has 0 spiro atoms. The summed E-state index contributed by atoms with van der Waals surface area (Å²) in [7, 11) is 0. The van der Waals surface area contributed by atoms with Gasteiger partial charge in [-0.1, -0.05) is 6.07 Å². The van der Waals surface area contributed by atoms with Crippen molar-refractivity contribution in [1.29, 1.82) is 0 Å². The first-order valence-corrected chi connectivity index (χ1v) is 6.25. The van der Waals surface area contributed by atoms with E-state index in [1.54, 1.807) is 6.20 Å². The molecule has 0 atom stereocenters. The number of nitrogens with one attached hydrogen (secondary N) is 1. The Kier molecular flexibility index (Phi) is 4.71. The van der Waals surface area contributed by atoms with Crippen molar-refractivity contribution in [3.05, 3.63) is 42.9 Å². The molecule has 1 saturated heterocycles. The Morgan fingerprint density at radius 3 is 2.42 bits per heavy atom. The summed E-state index contributed by atoms with van der Waals surface area (Å²) in [5, 5.41) is 3.34. The monoisotopic (exact) mass is 276 g/mol. The van der Waals surface area contributed by atoms with Gasteiger partial charge in [-0.15, -0.1) is 12.4 Å². The lowest BCUT2D eigenvalue weighted by Gasteiger charge is -2.28. The van der Waals surface area contributed by atoms with Crippen LogP contribution in [0.3, 0.4) is 0 Å². The van der Waals surface area contributed by atoms with Crippen molar-refractivity contribution in [2.45, 2.75) is 0 Å². The van der Waals surface area contributed by atoms with E-state index >= 15 is 0 Å². The van der Waals surface area contributed by atoms with Crippen molar-refractivity contribution in [3.63, 3.8) is 0 Å². The third-order valence-corrected chi connectivity index (χ3v) is 3.18. The summed E-state index contributed by atoms with van der Waals surface area (Å²) in [4.78, 5) is 11.0. The number of aromatic nitrogens is 2. The molecule has 0 bridgehead atoms. The highest BCUT2D eigenvalue weighted by Crippen LogP contribution is 2.19. The zero-order valence-corrected chi connectivity index (χ0v) is 11.4. The molecule has 1 N–H and O–H groups in total. The van der Waals surface area contributed by atoms with Crippen molar-refractivity contribution in [2.75, 3.05) is 31.1 Å². The minimum Gasteiger partial charge on any atom is -0.354 e. The maximum Gasteiger partial charge on any atom is 0.128 e. The fourth-order valence-electron chi connectivity index (χ4n) is 2.17. The van der Waals surface area contributed by atoms with Gasteiger partial charge in [0.2, 0.25) is 0 Å². The SMILES string of the molecule is Cl.c1cncc(-c2ccc(N3CCNCC3)nc2)c1. The molecule has 0 amide bonds. The van der Waals surface area contributed by atoms with Crippen LogP contribution in [0, 0.1) is 0 Å². The summed E-state index contributed by atoms with van der Waals surface area (Å²) < 4.78 is 0. The lowest BCUT2D eigenvalue weighted by Crippen LogP contribution is -2.43. The number of nitrogens with zero attached hydrogens (tertiary/aromatic N) is 3. The largest absolute Gasteiger partial charge is 0.354 e. The van der Waals surface area contributed by atoms with Crippen molar-refractivity contribution >= 4 is 18.2 Å². The van der Waals surface area contributed by atoms with Crippen LogP contribution in [0.4, 0.5) is 5.82 Å². The second-order valence-corrected chi connectivity index (χ2v) is 4.38. The smallest absolute Gasteiger partial charge is 0.128 e. The van der Waals surface area contributed by atoms with Gasteiger partial charge in [0.05, 0.1) is 0 Å². The van der Waals surface area contributed by atoms with Crippen LogP contribution >= 0.6 is 12.4 Å². The Morgan fingerprint density at radius 1 is 1.00 bits per heavy atom. The maximum atomic E-state index is 4.55. The molecule has 0 aromatic carbocycles. The van der Waals surface area contributed by atoms with Gasteiger partial charge in [-0.2, -0.15) is 0 Å². The lowest BCUT2D eigenvalue weighted by atomic mass is 10.1. The highest BCUT2D eigenvalue weighted by atomic mass is 35.5. The number of hydrogen-bond acceptors (Lipinski definition) is 4. The van der Waals surface area contributed by atoms with Gasteiger partial charge < -0.3 is 10.2 Å². The number of anilines is 1. The van der Waals surface area contributed by atoms with E-state index in [0.29, 0.717) is 0 Å². The van der Waals surface area contributed by atoms with Gasteiger partial charge >= 0.3 is 0 Å². The average Bonchev–Trinajstić information content (AvgIpc) is 2.49. The first-order valence-electron chi connectivity index (χ1n) is 6.25. The number of hydrogen-bond donors (Lipinski definition) is 1. The van der Waals surface area contributed by atoms with Crippen LogP contribution in [0.5, 0.6) is 0 Å². The van der Waals surface area contributed by atoms with Crippen LogP contribution in [0.25, 0.3) is 11.1 Å². The molecule has 5 heteroatoms. The molecule has 1 aliphatic rings. The molecule has 0 saturated carbocycles. The second kappa shape index (κ2) is 6.50. The van der Waals surface area contributed by atoms with E-state index in [0.717, 1.165) is 43.1 Å². The fourth-order valence-corrected chi connectivity index (χ4v) is 2.17. The first kappa shape index (κ1) is 13.8. The Balaban J connectivity index is 0.00000133. The van der Waals surface area contributed by atoms with Gasteiger partial charge in [0.1, 0.15) is 5.82 Å². The first-order chi connectivity index (χ1) is 8.93. The number of pyridine rings is 2. The van der Waals surface area contributed by atoms with Crippen molar-refractivity contribution < 1.29 is 0 Å². The van der Waals surface area contributed by atoms with Crippen LogP contribution in [0.2, 0.25) is 0 Å². The fraction of sp³-hybridized carbons (Fsp3) is 0.286. The summed E-state index contributed by atoms with van der Waals surface area (Å²) in [6, 6.07) is 8.20. The molecule has 0 unspecified atom stereocenters. The van der Waals surface area contributed by atoms with Crippen molar-refractivity contribution in [1.82, 2.24) is 15.3 Å². The zero-order chi connectivity index (χ0) is 12.2. The summed E-state index contributed by atoms with van der Waals surface area (Å²) >= 11 is 0. The van der Waals surface area contributed by atoms with Gasteiger partial charge in [-0.3, -0.25) is 4.98 Å². The molecule has 1 fully saturated rings. The van der Waals surface area contributed by atoms with Crippen LogP contribution in [0.1, 0.15) is 0 Å². The predicted octanol–water partition coefficient (Wildman–Crippen LogP) is 1.97. The summed E-state index contributed by atoms with van der Waals surface area (Å²) in [5.74, 6) is 1.06. The molecule has 0 aliphatic carbocycles. The van der Waals surface area contributed by atoms with E-state index in [4.69, 9.17) is 0 Å². The molecular weight excluding hydrogens is 260 g/mol. The molecule has 1 aliphatic heterocycles. The summed E-state index contributed by atoms with van der Waals surface area (Å²) in [5.41, 5.74) is 2.22. The molecular formula is C14H17ClN4. The quantitative estimate of drug-likeness (QED) is 0.911. The van der Waals surface area contributed by atoms with Gasteiger partial charge in [-0.05, 0) is 18.2 Å². The van der Waals surface area contributed by atoms with E-state index in [1.807, 2.05) is 18.5 Å². The van der Waals surface area contributed by atoms with Crippen molar-refractivity contribution in [2.24, 2.45) is 0 Å². The molecule has 2 aromatic heterocycles. The minimum atomic E-state index is 0. The Labute approximate surface area is 119 Å². The Morgan fingerprint density at radius 2 is 1.79 bits per heavy atom. The van der Waals surface area contributed by atoms with Crippen molar-refractivity contribution in [3.8, 4) is 11.1 Å². The summed E-state index contributed by atoms with van der Waals surface area (Å²) in [6.45, 7) is 4.12. The Hall–Kier alpha value is -1.65. The van der Waals surface area contributed by atoms with E-state index in [2.05, 4.69) is 38.4 Å². The normalized spacial score (nSPS) is 14.8. The number of rotatable bonds is 2. The Bertz CT molecular complexity index is 495. The highest BCUT2D eigenvalue weighted by Gasteiger charge is 2.11. The standard InChI is InChI=1S/C14H16N4.ClH/c1-2-12(10-16-5-1)13-3-4-14(17-11-13)18-8-6-15-7-9-18;/h1-5,10-11,15H,6-9H2;1H. The second-order valence-electron chi connectivity index (χ2n) is 4.38. The predicted molar refractivity (Wildman–Crippen MR) is 79.8 cm³/mol. The molecule has 3 rings (SSSR count). The van der Waals surface area contributed by atoms with Gasteiger partial charge in [0, 0.05) is 55.9 Å². The van der Waals surface area contributed by atoms with E-state index in [1.165, 1.54) is 0 Å². The van der Waals surface area contributed by atoms with E-state index in [-0.39, 0.29) is 12.4 Å². The number of piperazine rings is 1. The average molecular weight is 277 g/mol. The molecule has 19 heavy (non-hydrogen) atoms. The van der Waals surface area contributed by atoms with Crippen LogP contribution in [0.15, 0.2) is 42.9 Å². The van der Waals surface area contributed by atoms with Crippen LogP contribution < -0.4 is 10.2 Å². The molecule has 4 nitrogen and oxygen atoms in total. The van der Waals surface area contributed by atoms with E-state index < -0.39 is 0 Å². The van der Waals surface area contributed by atoms with Crippen LogP contribution in [-0.4, -0.2) is 36.1 Å². The van der Waals surface area contributed by atoms with Gasteiger partial charge in [0.15, 0.2) is 0 Å². The van der Waals surface area contributed by atoms with Gasteiger partial charge in [0.25, 0.3) is 0 Å². The lowest BCUT2D eigenvalue weighted by molar-refractivity contribution is 0.585.